The van der Waals surface area contributed by atoms with Gasteiger partial charge in [-0.25, -0.2) is 4.98 Å². The molecule has 1 atom stereocenters. The zero-order valence-electron chi connectivity index (χ0n) is 9.58. The van der Waals surface area contributed by atoms with Crippen LogP contribution in [0.25, 0.3) is 0 Å². The lowest BCUT2D eigenvalue weighted by molar-refractivity contribution is -0.119. The molecular weight excluding hydrogens is 238 g/mol. The van der Waals surface area contributed by atoms with Crippen molar-refractivity contribution in [1.82, 2.24) is 9.88 Å². The van der Waals surface area contributed by atoms with E-state index in [-0.39, 0.29) is 0 Å². The van der Waals surface area contributed by atoms with Crippen LogP contribution in [0.15, 0.2) is 11.6 Å². The van der Waals surface area contributed by atoms with E-state index in [1.54, 1.807) is 11.3 Å². The van der Waals surface area contributed by atoms with Gasteiger partial charge in [0.1, 0.15) is 0 Å². The number of thiazole rings is 1. The summed E-state index contributed by atoms with van der Waals surface area (Å²) in [5, 5.41) is 3.04. The smallest absolute Gasteiger partial charge is 0.235 e. The van der Waals surface area contributed by atoms with Gasteiger partial charge in [-0.05, 0) is 0 Å². The standard InChI is InChI=1S/C10H17N5OS/c11-8(9(12)16)7-14-2-4-15(5-3-14)10-13-1-6-17-10/h1,6,8H,2-5,7,11H2,(H2,12,16). The Hall–Kier alpha value is -1.18. The summed E-state index contributed by atoms with van der Waals surface area (Å²) in [4.78, 5) is 19.6. The minimum Gasteiger partial charge on any atom is -0.368 e. The Kier molecular flexibility index (Phi) is 3.93. The fourth-order valence-electron chi connectivity index (χ4n) is 1.86. The van der Waals surface area contributed by atoms with E-state index in [9.17, 15) is 4.79 Å². The third-order valence-electron chi connectivity index (χ3n) is 2.88. The molecule has 2 rings (SSSR count). The van der Waals surface area contributed by atoms with Gasteiger partial charge >= 0.3 is 0 Å². The summed E-state index contributed by atoms with van der Waals surface area (Å²) in [6, 6.07) is -0.568. The van der Waals surface area contributed by atoms with Crippen LogP contribution in [0.2, 0.25) is 0 Å². The van der Waals surface area contributed by atoms with Gasteiger partial charge in [0.2, 0.25) is 5.91 Å². The summed E-state index contributed by atoms with van der Waals surface area (Å²) in [6.45, 7) is 4.15. The number of nitrogens with two attached hydrogens (primary N) is 2. The van der Waals surface area contributed by atoms with Crippen molar-refractivity contribution in [2.75, 3.05) is 37.6 Å². The zero-order valence-corrected chi connectivity index (χ0v) is 10.4. The number of piperazine rings is 1. The third kappa shape index (κ3) is 3.15. The van der Waals surface area contributed by atoms with Gasteiger partial charge in [-0.1, -0.05) is 0 Å². The quantitative estimate of drug-likeness (QED) is 0.726. The molecule has 1 aromatic rings. The van der Waals surface area contributed by atoms with E-state index < -0.39 is 11.9 Å². The van der Waals surface area contributed by atoms with Crippen LogP contribution in [-0.4, -0.2) is 54.6 Å². The van der Waals surface area contributed by atoms with Crippen LogP contribution in [0, 0.1) is 0 Å². The van der Waals surface area contributed by atoms with Crippen molar-refractivity contribution >= 4 is 22.4 Å². The number of hydrogen-bond donors (Lipinski definition) is 2. The highest BCUT2D eigenvalue weighted by Gasteiger charge is 2.21. The maximum absolute atomic E-state index is 10.9. The molecule has 1 saturated heterocycles. The number of amides is 1. The number of anilines is 1. The average molecular weight is 255 g/mol. The first-order chi connectivity index (χ1) is 8.16. The first-order valence-electron chi connectivity index (χ1n) is 5.58. The molecular formula is C10H17N5OS. The molecule has 6 nitrogen and oxygen atoms in total. The van der Waals surface area contributed by atoms with E-state index in [0.29, 0.717) is 6.54 Å². The third-order valence-corrected chi connectivity index (χ3v) is 3.71. The normalized spacial score (nSPS) is 19.2. The SMILES string of the molecule is NC(=O)C(N)CN1CCN(c2nccs2)CC1. The van der Waals surface area contributed by atoms with E-state index in [0.717, 1.165) is 31.3 Å². The summed E-state index contributed by atoms with van der Waals surface area (Å²) in [5.41, 5.74) is 10.8. The van der Waals surface area contributed by atoms with Crippen molar-refractivity contribution in [2.24, 2.45) is 11.5 Å². The molecule has 0 radical (unpaired) electrons. The summed E-state index contributed by atoms with van der Waals surface area (Å²) >= 11 is 1.65. The summed E-state index contributed by atoms with van der Waals surface area (Å²) in [5.74, 6) is -0.438. The second-order valence-electron chi connectivity index (χ2n) is 4.11. The Morgan fingerprint density at radius 3 is 2.71 bits per heavy atom. The molecule has 1 amide bonds. The van der Waals surface area contributed by atoms with Gasteiger partial charge in [-0.2, -0.15) is 0 Å². The molecule has 7 heteroatoms. The van der Waals surface area contributed by atoms with Crippen molar-refractivity contribution in [2.45, 2.75) is 6.04 Å². The Bertz CT molecular complexity index is 361. The highest BCUT2D eigenvalue weighted by Crippen LogP contribution is 2.18. The van der Waals surface area contributed by atoms with Crippen LogP contribution < -0.4 is 16.4 Å². The first-order valence-corrected chi connectivity index (χ1v) is 6.46. The van der Waals surface area contributed by atoms with Crippen LogP contribution in [0.3, 0.4) is 0 Å². The lowest BCUT2D eigenvalue weighted by Gasteiger charge is -2.35. The van der Waals surface area contributed by atoms with Gasteiger partial charge in [0.15, 0.2) is 5.13 Å². The molecule has 94 valence electrons. The van der Waals surface area contributed by atoms with Crippen molar-refractivity contribution in [3.8, 4) is 0 Å². The summed E-state index contributed by atoms with van der Waals surface area (Å²) < 4.78 is 0. The highest BCUT2D eigenvalue weighted by molar-refractivity contribution is 7.13. The van der Waals surface area contributed by atoms with Gasteiger partial charge in [0.05, 0.1) is 6.04 Å². The largest absolute Gasteiger partial charge is 0.368 e. The second-order valence-corrected chi connectivity index (χ2v) is 4.98. The summed E-state index contributed by atoms with van der Waals surface area (Å²) in [7, 11) is 0. The van der Waals surface area contributed by atoms with Crippen molar-refractivity contribution in [3.05, 3.63) is 11.6 Å². The van der Waals surface area contributed by atoms with Crippen molar-refractivity contribution in [1.29, 1.82) is 0 Å². The number of nitrogens with zero attached hydrogens (tertiary/aromatic N) is 3. The highest BCUT2D eigenvalue weighted by atomic mass is 32.1. The Labute approximate surface area is 104 Å². The van der Waals surface area contributed by atoms with Gasteiger partial charge in [-0.3, -0.25) is 9.69 Å². The first kappa shape index (κ1) is 12.3. The van der Waals surface area contributed by atoms with Crippen molar-refractivity contribution < 1.29 is 4.79 Å². The number of carbonyl (C=O) groups is 1. The Balaban J connectivity index is 1.80. The van der Waals surface area contributed by atoms with E-state index in [1.807, 2.05) is 11.6 Å². The number of rotatable bonds is 4. The molecule has 1 fully saturated rings. The molecule has 0 bridgehead atoms. The monoisotopic (exact) mass is 255 g/mol. The number of aromatic nitrogens is 1. The molecule has 0 aromatic carbocycles. The lowest BCUT2D eigenvalue weighted by atomic mass is 10.2. The molecule has 0 saturated carbocycles. The Morgan fingerprint density at radius 2 is 2.18 bits per heavy atom. The van der Waals surface area contributed by atoms with Gasteiger partial charge in [0, 0.05) is 44.3 Å². The van der Waals surface area contributed by atoms with Crippen molar-refractivity contribution in [3.63, 3.8) is 0 Å². The molecule has 1 aliphatic rings. The maximum atomic E-state index is 10.9. The van der Waals surface area contributed by atoms with Crippen LogP contribution >= 0.6 is 11.3 Å². The minimum absolute atomic E-state index is 0.438. The van der Waals surface area contributed by atoms with E-state index in [4.69, 9.17) is 11.5 Å². The van der Waals surface area contributed by atoms with Crippen LogP contribution in [-0.2, 0) is 4.79 Å². The Morgan fingerprint density at radius 1 is 1.47 bits per heavy atom. The van der Waals surface area contributed by atoms with Crippen LogP contribution in [0.1, 0.15) is 0 Å². The maximum Gasteiger partial charge on any atom is 0.235 e. The number of carbonyl (C=O) groups excluding carboxylic acids is 1. The molecule has 17 heavy (non-hydrogen) atoms. The molecule has 1 aromatic heterocycles. The molecule has 1 unspecified atom stereocenters. The van der Waals surface area contributed by atoms with Gasteiger partial charge < -0.3 is 16.4 Å². The molecule has 2 heterocycles. The fourth-order valence-corrected chi connectivity index (χ4v) is 2.56. The minimum atomic E-state index is -0.568. The van der Waals surface area contributed by atoms with E-state index in [2.05, 4.69) is 14.8 Å². The van der Waals surface area contributed by atoms with Gasteiger partial charge in [-0.15, -0.1) is 11.3 Å². The topological polar surface area (TPSA) is 88.5 Å². The molecule has 0 spiro atoms. The molecule has 0 aliphatic carbocycles. The van der Waals surface area contributed by atoms with Crippen LogP contribution in [0.4, 0.5) is 5.13 Å². The number of primary amides is 1. The number of hydrogen-bond acceptors (Lipinski definition) is 6. The molecule has 4 N–H and O–H groups in total. The zero-order chi connectivity index (χ0) is 12.3. The average Bonchev–Trinajstić information content (AvgIpc) is 2.83. The fraction of sp³-hybridized carbons (Fsp3) is 0.600. The van der Waals surface area contributed by atoms with Crippen LogP contribution in [0.5, 0.6) is 0 Å². The van der Waals surface area contributed by atoms with Gasteiger partial charge in [0.25, 0.3) is 0 Å². The molecule has 1 aliphatic heterocycles. The van der Waals surface area contributed by atoms with E-state index >= 15 is 0 Å². The predicted octanol–water partition coefficient (Wildman–Crippen LogP) is -0.922. The van der Waals surface area contributed by atoms with E-state index in [1.165, 1.54) is 0 Å². The predicted molar refractivity (Wildman–Crippen MR) is 67.9 cm³/mol. The second kappa shape index (κ2) is 5.44. The lowest BCUT2D eigenvalue weighted by Crippen LogP contribution is -2.52. The summed E-state index contributed by atoms with van der Waals surface area (Å²) in [6.07, 6.45) is 1.81.